The molecule has 0 spiro atoms. The number of carbonyl (C=O) groups excluding carboxylic acids is 2. The van der Waals surface area contributed by atoms with Gasteiger partial charge in [0, 0.05) is 0 Å². The third kappa shape index (κ3) is 3.65. The Morgan fingerprint density at radius 1 is 1.04 bits per heavy atom. The zero-order valence-corrected chi connectivity index (χ0v) is 16.4. The van der Waals surface area contributed by atoms with Gasteiger partial charge in [-0.1, -0.05) is 25.3 Å². The Kier molecular flexibility index (Phi) is 5.17. The molecule has 1 aromatic carbocycles. The van der Waals surface area contributed by atoms with Crippen LogP contribution < -0.4 is 4.90 Å². The lowest BCUT2D eigenvalue weighted by Crippen LogP contribution is -2.40. The molecule has 8 nitrogen and oxygen atoms in total. The minimum absolute atomic E-state index is 0.320. The van der Waals surface area contributed by atoms with Gasteiger partial charge in [-0.05, 0) is 37.5 Å². The lowest BCUT2D eigenvalue weighted by molar-refractivity contribution is -0.121. The smallest absolute Gasteiger partial charge is 0.282 e. The van der Waals surface area contributed by atoms with Crippen molar-refractivity contribution in [2.45, 2.75) is 60.8 Å². The fourth-order valence-electron chi connectivity index (χ4n) is 3.75. The number of hydrogen-bond acceptors (Lipinski definition) is 6. The first-order valence-corrected chi connectivity index (χ1v) is 11.8. The molecule has 1 aliphatic carbocycles. The Morgan fingerprint density at radius 3 is 2.26 bits per heavy atom. The standard InChI is InChI=1S/C17H21NO7S2/c1-11-7-8-13(14(9-11)27(23,24)25)18-16(19)10-15(17(18)20)26(21,22)12-5-3-2-4-6-12/h7-9,12,15H,2-6,10H2,1H3,(H,23,24,25). The lowest BCUT2D eigenvalue weighted by Gasteiger charge is -2.24. The SMILES string of the molecule is Cc1ccc(N2C(=O)CC(S(=O)(=O)C3CCCCC3)C2=O)c(S(=O)(=O)O)c1. The molecule has 27 heavy (non-hydrogen) atoms. The second kappa shape index (κ2) is 6.99. The Balaban J connectivity index is 2.01. The number of nitrogens with zero attached hydrogens (tertiary/aromatic N) is 1. The topological polar surface area (TPSA) is 126 Å². The van der Waals surface area contributed by atoms with Crippen molar-refractivity contribution in [3.05, 3.63) is 23.8 Å². The molecule has 148 valence electrons. The van der Waals surface area contributed by atoms with Gasteiger partial charge in [-0.25, -0.2) is 13.3 Å². The largest absolute Gasteiger partial charge is 0.296 e. The van der Waals surface area contributed by atoms with Crippen LogP contribution in [0, 0.1) is 6.92 Å². The Hall–Kier alpha value is -1.78. The number of aryl methyl sites for hydroxylation is 1. The molecular formula is C17H21NO7S2. The Morgan fingerprint density at radius 2 is 1.67 bits per heavy atom. The highest BCUT2D eigenvalue weighted by Gasteiger charge is 2.50. The molecule has 3 rings (SSSR count). The summed E-state index contributed by atoms with van der Waals surface area (Å²) in [6.45, 7) is 1.59. The van der Waals surface area contributed by atoms with Crippen LogP contribution in [-0.4, -0.2) is 43.7 Å². The zero-order chi connectivity index (χ0) is 20.0. The molecule has 1 heterocycles. The first-order chi connectivity index (χ1) is 12.5. The van der Waals surface area contributed by atoms with Gasteiger partial charge in [0.25, 0.3) is 16.0 Å². The van der Waals surface area contributed by atoms with Gasteiger partial charge in [-0.15, -0.1) is 0 Å². The maximum atomic E-state index is 12.9. The lowest BCUT2D eigenvalue weighted by atomic mass is 10.0. The number of imide groups is 1. The zero-order valence-electron chi connectivity index (χ0n) is 14.8. The predicted molar refractivity (Wildman–Crippen MR) is 97.7 cm³/mol. The molecule has 2 amide bonds. The summed E-state index contributed by atoms with van der Waals surface area (Å²) in [5.41, 5.74) is 0.177. The average Bonchev–Trinajstić information content (AvgIpc) is 2.90. The molecule has 2 fully saturated rings. The first kappa shape index (κ1) is 20.0. The van der Waals surface area contributed by atoms with E-state index >= 15 is 0 Å². The monoisotopic (exact) mass is 415 g/mol. The first-order valence-electron chi connectivity index (χ1n) is 8.71. The van der Waals surface area contributed by atoms with Crippen LogP contribution in [-0.2, 0) is 29.5 Å². The minimum atomic E-state index is -4.71. The van der Waals surface area contributed by atoms with Crippen LogP contribution in [0.1, 0.15) is 44.1 Å². The van der Waals surface area contributed by atoms with E-state index in [1.54, 1.807) is 6.92 Å². The summed E-state index contributed by atoms with van der Waals surface area (Å²) in [7, 11) is -8.57. The van der Waals surface area contributed by atoms with Gasteiger partial charge in [0.15, 0.2) is 9.84 Å². The van der Waals surface area contributed by atoms with E-state index in [0.29, 0.717) is 23.3 Å². The minimum Gasteiger partial charge on any atom is -0.282 e. The fourth-order valence-corrected chi connectivity index (χ4v) is 6.73. The molecular weight excluding hydrogens is 394 g/mol. The molecule has 2 aliphatic rings. The predicted octanol–water partition coefficient (Wildman–Crippen LogP) is 1.62. The van der Waals surface area contributed by atoms with Crippen molar-refractivity contribution in [2.24, 2.45) is 0 Å². The number of carbonyl (C=O) groups is 2. The molecule has 1 saturated carbocycles. The molecule has 0 radical (unpaired) electrons. The van der Waals surface area contributed by atoms with Crippen LogP contribution in [0.25, 0.3) is 0 Å². The fraction of sp³-hybridized carbons (Fsp3) is 0.529. The summed E-state index contributed by atoms with van der Waals surface area (Å²) < 4.78 is 58.6. The third-order valence-corrected chi connectivity index (χ3v) is 8.60. The molecule has 1 aromatic rings. The maximum Gasteiger partial charge on any atom is 0.296 e. The number of sulfone groups is 1. The highest BCUT2D eigenvalue weighted by atomic mass is 32.2. The third-order valence-electron chi connectivity index (χ3n) is 5.15. The highest BCUT2D eigenvalue weighted by molar-refractivity contribution is 7.93. The van der Waals surface area contributed by atoms with E-state index in [4.69, 9.17) is 0 Å². The normalized spacial score (nSPS) is 22.4. The Labute approximate surface area is 158 Å². The summed E-state index contributed by atoms with van der Waals surface area (Å²) in [5.74, 6) is -1.75. The van der Waals surface area contributed by atoms with E-state index in [1.165, 1.54) is 12.1 Å². The van der Waals surface area contributed by atoms with Gasteiger partial charge in [-0.2, -0.15) is 8.42 Å². The van der Waals surface area contributed by atoms with Gasteiger partial charge in [0.05, 0.1) is 17.4 Å². The van der Waals surface area contributed by atoms with Gasteiger partial charge in [-0.3, -0.25) is 14.1 Å². The van der Waals surface area contributed by atoms with Crippen molar-refractivity contribution in [1.82, 2.24) is 0 Å². The number of benzene rings is 1. The van der Waals surface area contributed by atoms with Crippen LogP contribution in [0.4, 0.5) is 5.69 Å². The molecule has 1 saturated heterocycles. The molecule has 1 atom stereocenters. The van der Waals surface area contributed by atoms with Gasteiger partial charge < -0.3 is 0 Å². The summed E-state index contributed by atoms with van der Waals surface area (Å²) in [5, 5.41) is -2.17. The highest BCUT2D eigenvalue weighted by Crippen LogP contribution is 2.35. The summed E-state index contributed by atoms with van der Waals surface area (Å²) in [6, 6.07) is 3.84. The maximum absolute atomic E-state index is 12.9. The van der Waals surface area contributed by atoms with Crippen molar-refractivity contribution in [3.63, 3.8) is 0 Å². The van der Waals surface area contributed by atoms with E-state index in [2.05, 4.69) is 0 Å². The average molecular weight is 415 g/mol. The molecule has 1 aliphatic heterocycles. The number of anilines is 1. The van der Waals surface area contributed by atoms with E-state index in [-0.39, 0.29) is 5.69 Å². The molecule has 0 aromatic heterocycles. The molecule has 0 bridgehead atoms. The van der Waals surface area contributed by atoms with Crippen molar-refractivity contribution < 1.29 is 31.0 Å². The second-order valence-corrected chi connectivity index (χ2v) is 10.9. The van der Waals surface area contributed by atoms with E-state index in [0.717, 1.165) is 25.3 Å². The van der Waals surface area contributed by atoms with E-state index < -0.39 is 53.6 Å². The van der Waals surface area contributed by atoms with Crippen molar-refractivity contribution >= 4 is 37.5 Å². The van der Waals surface area contributed by atoms with E-state index in [9.17, 15) is 31.0 Å². The van der Waals surface area contributed by atoms with Crippen LogP contribution in [0.15, 0.2) is 23.1 Å². The number of amides is 2. The van der Waals surface area contributed by atoms with E-state index in [1.807, 2.05) is 0 Å². The molecule has 1 N–H and O–H groups in total. The molecule has 10 heteroatoms. The van der Waals surface area contributed by atoms with Crippen LogP contribution in [0.5, 0.6) is 0 Å². The molecule has 1 unspecified atom stereocenters. The summed E-state index contributed by atoms with van der Waals surface area (Å²) >= 11 is 0. The Bertz CT molecular complexity index is 992. The quantitative estimate of drug-likeness (QED) is 0.585. The van der Waals surface area contributed by atoms with Crippen LogP contribution >= 0.6 is 0 Å². The van der Waals surface area contributed by atoms with Crippen molar-refractivity contribution in [3.8, 4) is 0 Å². The van der Waals surface area contributed by atoms with Crippen LogP contribution in [0.2, 0.25) is 0 Å². The van der Waals surface area contributed by atoms with Crippen molar-refractivity contribution in [1.29, 1.82) is 0 Å². The van der Waals surface area contributed by atoms with Gasteiger partial charge in [0.1, 0.15) is 10.1 Å². The second-order valence-electron chi connectivity index (χ2n) is 7.06. The van der Waals surface area contributed by atoms with Crippen molar-refractivity contribution in [2.75, 3.05) is 4.90 Å². The van der Waals surface area contributed by atoms with Crippen LogP contribution in [0.3, 0.4) is 0 Å². The summed E-state index contributed by atoms with van der Waals surface area (Å²) in [6.07, 6.45) is 2.86. The van der Waals surface area contributed by atoms with Gasteiger partial charge >= 0.3 is 0 Å². The number of hydrogen-bond donors (Lipinski definition) is 1. The van der Waals surface area contributed by atoms with Gasteiger partial charge in [0.2, 0.25) is 5.91 Å². The number of rotatable bonds is 4. The summed E-state index contributed by atoms with van der Waals surface area (Å²) in [4.78, 5) is 25.3.